The van der Waals surface area contributed by atoms with Crippen LogP contribution in [0.15, 0.2) is 54.6 Å². The first-order chi connectivity index (χ1) is 11.9. The maximum absolute atomic E-state index is 12.8. The number of nitro groups is 1. The Kier molecular flexibility index (Phi) is 6.06. The van der Waals surface area contributed by atoms with Crippen molar-refractivity contribution in [1.82, 2.24) is 5.32 Å². The molecule has 5 heteroatoms. The lowest BCUT2D eigenvalue weighted by Gasteiger charge is -2.19. The van der Waals surface area contributed by atoms with Crippen molar-refractivity contribution >= 4 is 23.2 Å². The van der Waals surface area contributed by atoms with Gasteiger partial charge in [-0.15, -0.1) is 0 Å². The van der Waals surface area contributed by atoms with Gasteiger partial charge in [-0.1, -0.05) is 56.3 Å². The number of amides is 1. The number of carbonyl (C=O) groups is 1. The third kappa shape index (κ3) is 5.01. The van der Waals surface area contributed by atoms with Crippen LogP contribution in [0.2, 0.25) is 0 Å². The molecule has 0 unspecified atom stereocenters. The van der Waals surface area contributed by atoms with Crippen LogP contribution in [-0.2, 0) is 4.79 Å². The topological polar surface area (TPSA) is 72.2 Å². The van der Waals surface area contributed by atoms with Crippen LogP contribution in [0.25, 0.3) is 11.6 Å². The first-order valence-corrected chi connectivity index (χ1v) is 8.21. The Hall–Kier alpha value is -2.95. The quantitative estimate of drug-likeness (QED) is 0.369. The Labute approximate surface area is 147 Å². The fraction of sp³-hybridized carbons (Fsp3) is 0.250. The predicted octanol–water partition coefficient (Wildman–Crippen LogP) is 4.30. The summed E-state index contributed by atoms with van der Waals surface area (Å²) in [6, 6.07) is 15.6. The predicted molar refractivity (Wildman–Crippen MR) is 99.9 cm³/mol. The lowest BCUT2D eigenvalue weighted by atomic mass is 10.00. The summed E-state index contributed by atoms with van der Waals surface area (Å²) in [6.07, 6.45) is 1.69. The molecule has 1 amide bonds. The molecule has 2 aromatic carbocycles. The van der Waals surface area contributed by atoms with Gasteiger partial charge in [-0.3, -0.25) is 14.9 Å². The Morgan fingerprint density at radius 2 is 1.76 bits per heavy atom. The number of nitrogens with one attached hydrogen (secondary N) is 1. The Morgan fingerprint density at radius 3 is 2.36 bits per heavy atom. The first kappa shape index (κ1) is 18.4. The molecule has 0 saturated heterocycles. The summed E-state index contributed by atoms with van der Waals surface area (Å²) in [6.45, 7) is 6.04. The molecule has 0 spiro atoms. The van der Waals surface area contributed by atoms with E-state index in [1.807, 2.05) is 51.1 Å². The molecule has 130 valence electrons. The molecular formula is C20H22N2O3. The molecule has 5 nitrogen and oxygen atoms in total. The minimum absolute atomic E-state index is 0.00267. The molecule has 2 rings (SSSR count). The number of nitro benzene ring substituents is 1. The van der Waals surface area contributed by atoms with E-state index in [0.29, 0.717) is 17.1 Å². The van der Waals surface area contributed by atoms with Gasteiger partial charge in [-0.2, -0.15) is 0 Å². The van der Waals surface area contributed by atoms with Crippen molar-refractivity contribution in [2.24, 2.45) is 5.92 Å². The van der Waals surface area contributed by atoms with E-state index >= 15 is 0 Å². The van der Waals surface area contributed by atoms with E-state index in [1.165, 1.54) is 12.1 Å². The number of non-ortho nitro benzene ring substituents is 1. The zero-order valence-electron chi connectivity index (χ0n) is 14.6. The van der Waals surface area contributed by atoms with Crippen molar-refractivity contribution in [1.29, 1.82) is 0 Å². The lowest BCUT2D eigenvalue weighted by molar-refractivity contribution is -0.384. The fourth-order valence-corrected chi connectivity index (χ4v) is 2.24. The van der Waals surface area contributed by atoms with E-state index in [4.69, 9.17) is 0 Å². The first-order valence-electron chi connectivity index (χ1n) is 8.21. The van der Waals surface area contributed by atoms with Crippen molar-refractivity contribution in [2.45, 2.75) is 26.8 Å². The van der Waals surface area contributed by atoms with Crippen molar-refractivity contribution in [3.63, 3.8) is 0 Å². The molecule has 0 heterocycles. The molecule has 0 bridgehead atoms. The summed E-state index contributed by atoms with van der Waals surface area (Å²) in [7, 11) is 0. The van der Waals surface area contributed by atoms with Crippen LogP contribution in [0.4, 0.5) is 5.69 Å². The van der Waals surface area contributed by atoms with Crippen molar-refractivity contribution < 1.29 is 9.72 Å². The minimum Gasteiger partial charge on any atom is -0.349 e. The average molecular weight is 338 g/mol. The summed E-state index contributed by atoms with van der Waals surface area (Å²) >= 11 is 0. The number of nitrogens with zero attached hydrogens (tertiary/aromatic N) is 1. The summed E-state index contributed by atoms with van der Waals surface area (Å²) in [5, 5.41) is 14.0. The highest BCUT2D eigenvalue weighted by atomic mass is 16.6. The fourth-order valence-electron chi connectivity index (χ4n) is 2.24. The van der Waals surface area contributed by atoms with Gasteiger partial charge in [0, 0.05) is 23.7 Å². The molecule has 0 aliphatic heterocycles. The van der Waals surface area contributed by atoms with Gasteiger partial charge in [0.2, 0.25) is 0 Å². The van der Waals surface area contributed by atoms with Gasteiger partial charge in [-0.25, -0.2) is 0 Å². The zero-order chi connectivity index (χ0) is 18.4. The second kappa shape index (κ2) is 8.24. The molecule has 0 saturated carbocycles. The van der Waals surface area contributed by atoms with Crippen molar-refractivity contribution in [3.8, 4) is 0 Å². The second-order valence-corrected chi connectivity index (χ2v) is 6.28. The molecule has 0 aliphatic rings. The third-order valence-corrected chi connectivity index (χ3v) is 4.08. The molecule has 0 aliphatic carbocycles. The van der Waals surface area contributed by atoms with Gasteiger partial charge in [-0.05, 0) is 30.0 Å². The minimum atomic E-state index is -0.444. The molecule has 0 aromatic heterocycles. The number of carbonyl (C=O) groups excluding carboxylic acids is 1. The summed E-state index contributed by atoms with van der Waals surface area (Å²) in [5.74, 6) is 0.109. The zero-order valence-corrected chi connectivity index (χ0v) is 14.6. The number of hydrogen-bond acceptors (Lipinski definition) is 3. The Morgan fingerprint density at radius 1 is 1.08 bits per heavy atom. The van der Waals surface area contributed by atoms with E-state index in [9.17, 15) is 14.9 Å². The highest BCUT2D eigenvalue weighted by Crippen LogP contribution is 2.21. The average Bonchev–Trinajstić information content (AvgIpc) is 2.60. The SMILES string of the molecule is CC(C)[C@@H](C)NC(=O)/C(=C/c1cccc([N+](=O)[O-])c1)c1ccccc1. The van der Waals surface area contributed by atoms with E-state index < -0.39 is 4.92 Å². The highest BCUT2D eigenvalue weighted by molar-refractivity contribution is 6.24. The van der Waals surface area contributed by atoms with Crippen LogP contribution in [0.3, 0.4) is 0 Å². The maximum atomic E-state index is 12.8. The van der Waals surface area contributed by atoms with Gasteiger partial charge >= 0.3 is 0 Å². The van der Waals surface area contributed by atoms with E-state index in [1.54, 1.807) is 18.2 Å². The molecule has 1 atom stereocenters. The lowest BCUT2D eigenvalue weighted by Crippen LogP contribution is -2.36. The second-order valence-electron chi connectivity index (χ2n) is 6.28. The maximum Gasteiger partial charge on any atom is 0.270 e. The van der Waals surface area contributed by atoms with E-state index in [-0.39, 0.29) is 17.6 Å². The van der Waals surface area contributed by atoms with Crippen molar-refractivity contribution in [3.05, 3.63) is 75.8 Å². The van der Waals surface area contributed by atoms with Gasteiger partial charge < -0.3 is 5.32 Å². The van der Waals surface area contributed by atoms with Crippen LogP contribution < -0.4 is 5.32 Å². The van der Waals surface area contributed by atoms with Gasteiger partial charge in [0.05, 0.1) is 4.92 Å². The molecule has 25 heavy (non-hydrogen) atoms. The monoisotopic (exact) mass is 338 g/mol. The van der Waals surface area contributed by atoms with Crippen LogP contribution in [0.1, 0.15) is 31.9 Å². The molecule has 0 fully saturated rings. The molecular weight excluding hydrogens is 316 g/mol. The smallest absolute Gasteiger partial charge is 0.270 e. The standard InChI is InChI=1S/C20H22N2O3/c1-14(2)15(3)21-20(23)19(17-9-5-4-6-10-17)13-16-8-7-11-18(12-16)22(24)25/h4-15H,1-3H3,(H,21,23)/b19-13+/t15-/m1/s1. The van der Waals surface area contributed by atoms with Crippen LogP contribution in [-0.4, -0.2) is 16.9 Å². The summed E-state index contributed by atoms with van der Waals surface area (Å²) in [4.78, 5) is 23.3. The van der Waals surface area contributed by atoms with E-state index in [2.05, 4.69) is 5.32 Å². The van der Waals surface area contributed by atoms with Gasteiger partial charge in [0.25, 0.3) is 11.6 Å². The van der Waals surface area contributed by atoms with Crippen LogP contribution in [0, 0.1) is 16.0 Å². The Bertz CT molecular complexity index is 783. The molecule has 1 N–H and O–H groups in total. The summed E-state index contributed by atoms with van der Waals surface area (Å²) < 4.78 is 0. The van der Waals surface area contributed by atoms with Gasteiger partial charge in [0.1, 0.15) is 0 Å². The Balaban J connectivity index is 2.43. The van der Waals surface area contributed by atoms with E-state index in [0.717, 1.165) is 5.56 Å². The van der Waals surface area contributed by atoms with Crippen LogP contribution in [0.5, 0.6) is 0 Å². The van der Waals surface area contributed by atoms with Crippen LogP contribution >= 0.6 is 0 Å². The highest BCUT2D eigenvalue weighted by Gasteiger charge is 2.17. The number of benzene rings is 2. The van der Waals surface area contributed by atoms with Crippen molar-refractivity contribution in [2.75, 3.05) is 0 Å². The molecule has 0 radical (unpaired) electrons. The third-order valence-electron chi connectivity index (χ3n) is 4.08. The number of hydrogen-bond donors (Lipinski definition) is 1. The normalized spacial score (nSPS) is 12.7. The van der Waals surface area contributed by atoms with Gasteiger partial charge in [0.15, 0.2) is 0 Å². The largest absolute Gasteiger partial charge is 0.349 e. The summed E-state index contributed by atoms with van der Waals surface area (Å²) in [5.41, 5.74) is 1.86. The number of rotatable bonds is 6. The molecule has 2 aromatic rings.